The van der Waals surface area contributed by atoms with Crippen molar-refractivity contribution in [3.8, 4) is 6.07 Å². The minimum atomic E-state index is 0.743. The van der Waals surface area contributed by atoms with Crippen molar-refractivity contribution in [3.05, 3.63) is 23.1 Å². The zero-order valence-corrected chi connectivity index (χ0v) is 9.97. The van der Waals surface area contributed by atoms with Crippen molar-refractivity contribution in [2.24, 2.45) is 0 Å². The van der Waals surface area contributed by atoms with E-state index in [1.165, 1.54) is 0 Å². The van der Waals surface area contributed by atoms with Crippen LogP contribution in [0.4, 0.5) is 0 Å². The lowest BCUT2D eigenvalue weighted by molar-refractivity contribution is 1.33. The van der Waals surface area contributed by atoms with Gasteiger partial charge in [0.1, 0.15) is 6.07 Å². The summed E-state index contributed by atoms with van der Waals surface area (Å²) >= 11 is 7.73. The Balaban J connectivity index is 2.80. The first-order valence-corrected chi connectivity index (χ1v) is 6.50. The molecule has 1 aromatic carbocycles. The zero-order chi connectivity index (χ0) is 10.1. The number of benzene rings is 1. The smallest absolute Gasteiger partial charge is 0.101 e. The maximum atomic E-state index is 8.87. The van der Waals surface area contributed by atoms with Crippen molar-refractivity contribution in [1.29, 1.82) is 5.26 Å². The van der Waals surface area contributed by atoms with Gasteiger partial charge in [-0.2, -0.15) is 5.26 Å². The van der Waals surface area contributed by atoms with Gasteiger partial charge < -0.3 is 0 Å². The standard InChI is InChI=1S/C10H7NS3/c1-13-8-3-2-7-6(4-11)5-14-10(7)9(8)12/h2-3,5,12H,1H3. The summed E-state index contributed by atoms with van der Waals surface area (Å²) in [7, 11) is 0. The second kappa shape index (κ2) is 3.85. The summed E-state index contributed by atoms with van der Waals surface area (Å²) in [6, 6.07) is 6.20. The average molecular weight is 237 g/mol. The van der Waals surface area contributed by atoms with Crippen molar-refractivity contribution >= 4 is 45.8 Å². The van der Waals surface area contributed by atoms with Crippen LogP contribution in [0.25, 0.3) is 10.1 Å². The van der Waals surface area contributed by atoms with Crippen LogP contribution in [0.2, 0.25) is 0 Å². The minimum absolute atomic E-state index is 0.743. The normalized spacial score (nSPS) is 10.4. The third kappa shape index (κ3) is 1.42. The van der Waals surface area contributed by atoms with E-state index in [-0.39, 0.29) is 0 Å². The van der Waals surface area contributed by atoms with Gasteiger partial charge in [0, 0.05) is 20.6 Å². The number of thioether (sulfide) groups is 1. The Labute approximate surface area is 96.2 Å². The summed E-state index contributed by atoms with van der Waals surface area (Å²) in [5.41, 5.74) is 0.743. The Hall–Kier alpha value is -0.630. The Morgan fingerprint density at radius 2 is 2.29 bits per heavy atom. The molecule has 1 heterocycles. The monoisotopic (exact) mass is 237 g/mol. The fourth-order valence-electron chi connectivity index (χ4n) is 1.32. The van der Waals surface area contributed by atoms with E-state index >= 15 is 0 Å². The molecule has 14 heavy (non-hydrogen) atoms. The summed E-state index contributed by atoms with van der Waals surface area (Å²) in [4.78, 5) is 2.15. The van der Waals surface area contributed by atoms with Crippen molar-refractivity contribution in [2.75, 3.05) is 6.26 Å². The number of rotatable bonds is 1. The molecule has 0 fully saturated rings. The van der Waals surface area contributed by atoms with E-state index in [9.17, 15) is 0 Å². The topological polar surface area (TPSA) is 23.8 Å². The molecule has 0 aliphatic rings. The summed E-state index contributed by atoms with van der Waals surface area (Å²) in [5, 5.41) is 11.8. The Morgan fingerprint density at radius 1 is 1.50 bits per heavy atom. The molecule has 2 rings (SSSR count). The highest BCUT2D eigenvalue weighted by atomic mass is 32.2. The lowest BCUT2D eigenvalue weighted by atomic mass is 10.2. The molecule has 0 N–H and O–H groups in total. The molecular weight excluding hydrogens is 230 g/mol. The van der Waals surface area contributed by atoms with Crippen LogP contribution in [-0.2, 0) is 0 Å². The molecule has 0 saturated carbocycles. The van der Waals surface area contributed by atoms with Gasteiger partial charge in [-0.3, -0.25) is 0 Å². The van der Waals surface area contributed by atoms with Crippen molar-refractivity contribution < 1.29 is 0 Å². The van der Waals surface area contributed by atoms with Crippen molar-refractivity contribution in [1.82, 2.24) is 0 Å². The van der Waals surface area contributed by atoms with E-state index in [1.54, 1.807) is 23.1 Å². The third-order valence-electron chi connectivity index (χ3n) is 2.02. The van der Waals surface area contributed by atoms with E-state index in [2.05, 4.69) is 18.7 Å². The molecule has 0 aliphatic heterocycles. The number of fused-ring (bicyclic) bond motifs is 1. The Kier molecular flexibility index (Phi) is 2.73. The molecular formula is C10H7NS3. The number of hydrogen-bond acceptors (Lipinski definition) is 4. The van der Waals surface area contributed by atoms with Crippen LogP contribution in [0.1, 0.15) is 5.56 Å². The Bertz CT molecular complexity index is 522. The molecule has 1 aromatic heterocycles. The largest absolute Gasteiger partial charge is 0.192 e. The van der Waals surface area contributed by atoms with Gasteiger partial charge in [-0.25, -0.2) is 0 Å². The lowest BCUT2D eigenvalue weighted by Crippen LogP contribution is -1.76. The number of thiol groups is 1. The van der Waals surface area contributed by atoms with E-state index in [0.29, 0.717) is 0 Å². The first-order chi connectivity index (χ1) is 6.77. The van der Waals surface area contributed by atoms with Gasteiger partial charge in [-0.05, 0) is 12.3 Å². The molecule has 0 radical (unpaired) electrons. The second-order valence-electron chi connectivity index (χ2n) is 2.75. The second-order valence-corrected chi connectivity index (χ2v) is 4.93. The van der Waals surface area contributed by atoms with Crippen LogP contribution in [-0.4, -0.2) is 6.26 Å². The predicted molar refractivity (Wildman–Crippen MR) is 65.6 cm³/mol. The Morgan fingerprint density at radius 3 is 2.93 bits per heavy atom. The van der Waals surface area contributed by atoms with Crippen molar-refractivity contribution in [2.45, 2.75) is 9.79 Å². The van der Waals surface area contributed by atoms with Crippen LogP contribution in [0.15, 0.2) is 27.3 Å². The van der Waals surface area contributed by atoms with E-state index in [1.807, 2.05) is 23.8 Å². The summed E-state index contributed by atoms with van der Waals surface area (Å²) in [5.74, 6) is 0. The van der Waals surface area contributed by atoms with Gasteiger partial charge >= 0.3 is 0 Å². The SMILES string of the molecule is CSc1ccc2c(C#N)csc2c1S. The molecule has 0 unspecified atom stereocenters. The fraction of sp³-hybridized carbons (Fsp3) is 0.100. The highest BCUT2D eigenvalue weighted by Crippen LogP contribution is 2.36. The van der Waals surface area contributed by atoms with Crippen LogP contribution in [0, 0.1) is 11.3 Å². The van der Waals surface area contributed by atoms with Crippen LogP contribution >= 0.6 is 35.7 Å². The van der Waals surface area contributed by atoms with E-state index in [4.69, 9.17) is 5.26 Å². The molecule has 0 saturated heterocycles. The van der Waals surface area contributed by atoms with Gasteiger partial charge in [0.05, 0.1) is 10.3 Å². The lowest BCUT2D eigenvalue weighted by Gasteiger charge is -2.01. The highest BCUT2D eigenvalue weighted by Gasteiger charge is 2.08. The maximum Gasteiger partial charge on any atom is 0.101 e. The first-order valence-electron chi connectivity index (χ1n) is 3.95. The molecule has 0 bridgehead atoms. The average Bonchev–Trinajstić information content (AvgIpc) is 2.62. The maximum absolute atomic E-state index is 8.87. The summed E-state index contributed by atoms with van der Waals surface area (Å²) in [6.07, 6.45) is 2.03. The number of hydrogen-bond donors (Lipinski definition) is 1. The summed E-state index contributed by atoms with van der Waals surface area (Å²) < 4.78 is 1.11. The van der Waals surface area contributed by atoms with Gasteiger partial charge in [-0.1, -0.05) is 6.07 Å². The first kappa shape index (κ1) is 9.91. The number of nitrogens with zero attached hydrogens (tertiary/aromatic N) is 1. The number of thiophene rings is 1. The molecule has 70 valence electrons. The molecule has 1 nitrogen and oxygen atoms in total. The predicted octanol–water partition coefficient (Wildman–Crippen LogP) is 3.78. The molecule has 4 heteroatoms. The highest BCUT2D eigenvalue weighted by molar-refractivity contribution is 7.99. The van der Waals surface area contributed by atoms with Gasteiger partial charge in [-0.15, -0.1) is 35.7 Å². The molecule has 2 aromatic rings. The van der Waals surface area contributed by atoms with Gasteiger partial charge in [0.15, 0.2) is 0 Å². The number of nitriles is 1. The van der Waals surface area contributed by atoms with Crippen LogP contribution in [0.3, 0.4) is 0 Å². The molecule has 0 spiro atoms. The summed E-state index contributed by atoms with van der Waals surface area (Å²) in [6.45, 7) is 0. The van der Waals surface area contributed by atoms with E-state index < -0.39 is 0 Å². The zero-order valence-electron chi connectivity index (χ0n) is 7.44. The molecule has 0 aliphatic carbocycles. The van der Waals surface area contributed by atoms with E-state index in [0.717, 1.165) is 25.4 Å². The quantitative estimate of drug-likeness (QED) is 0.602. The minimum Gasteiger partial charge on any atom is -0.192 e. The third-order valence-corrected chi connectivity index (χ3v) is 4.58. The van der Waals surface area contributed by atoms with Crippen molar-refractivity contribution in [3.63, 3.8) is 0 Å². The van der Waals surface area contributed by atoms with Gasteiger partial charge in [0.25, 0.3) is 0 Å². The molecule has 0 amide bonds. The fourth-order valence-corrected chi connectivity index (χ4v) is 3.45. The van der Waals surface area contributed by atoms with Crippen LogP contribution in [0.5, 0.6) is 0 Å². The molecule has 0 atom stereocenters. The van der Waals surface area contributed by atoms with Gasteiger partial charge in [0.2, 0.25) is 0 Å². The van der Waals surface area contributed by atoms with Crippen LogP contribution < -0.4 is 0 Å².